The number of rotatable bonds is 2. The zero-order valence-electron chi connectivity index (χ0n) is 8.08. The average Bonchev–Trinajstić information content (AvgIpc) is 1.97. The van der Waals surface area contributed by atoms with Gasteiger partial charge in [0.05, 0.1) is 6.10 Å². The van der Waals surface area contributed by atoms with Crippen molar-refractivity contribution in [1.82, 2.24) is 0 Å². The summed E-state index contributed by atoms with van der Waals surface area (Å²) in [5.74, 6) is -1.88. The molecule has 0 aromatic heterocycles. The zero-order chi connectivity index (χ0) is 12.8. The van der Waals surface area contributed by atoms with Gasteiger partial charge < -0.3 is 4.74 Å². The van der Waals surface area contributed by atoms with Crippen molar-refractivity contribution in [3.05, 3.63) is 0 Å². The highest BCUT2D eigenvalue weighted by Crippen LogP contribution is 2.60. The topological polar surface area (TPSA) is 26.3 Å². The molecule has 1 aliphatic carbocycles. The fourth-order valence-electron chi connectivity index (χ4n) is 1.76. The Morgan fingerprint density at radius 2 is 1.69 bits per heavy atom. The Balaban J connectivity index is 3.19. The van der Waals surface area contributed by atoms with Gasteiger partial charge in [-0.25, -0.2) is 0 Å². The standard InChI is InChI=1S/C8H8F6O2/c1-2-16-5-3-4(15)6(5,7(9,10)11)8(12,13)14/h5H,2-3H2,1H3/t5-/m1/s1. The summed E-state index contributed by atoms with van der Waals surface area (Å²) in [5, 5.41) is 0. The molecule has 94 valence electrons. The first-order valence-electron chi connectivity index (χ1n) is 4.37. The maximum Gasteiger partial charge on any atom is 0.412 e. The van der Waals surface area contributed by atoms with E-state index in [1.807, 2.05) is 0 Å². The van der Waals surface area contributed by atoms with Crippen LogP contribution in [-0.4, -0.2) is 30.8 Å². The molecule has 0 aliphatic heterocycles. The molecule has 1 aliphatic rings. The van der Waals surface area contributed by atoms with Crippen molar-refractivity contribution in [1.29, 1.82) is 0 Å². The molecule has 0 amide bonds. The summed E-state index contributed by atoms with van der Waals surface area (Å²) < 4.78 is 79.1. The van der Waals surface area contributed by atoms with Crippen LogP contribution in [0.4, 0.5) is 26.3 Å². The second-order valence-electron chi connectivity index (χ2n) is 3.37. The molecule has 0 saturated heterocycles. The maximum absolute atomic E-state index is 12.5. The van der Waals surface area contributed by atoms with E-state index in [2.05, 4.69) is 4.74 Å². The predicted molar refractivity (Wildman–Crippen MR) is 39.6 cm³/mol. The van der Waals surface area contributed by atoms with Crippen LogP contribution in [0.2, 0.25) is 0 Å². The monoisotopic (exact) mass is 250 g/mol. The number of ether oxygens (including phenoxy) is 1. The molecule has 0 bridgehead atoms. The summed E-state index contributed by atoms with van der Waals surface area (Å²) in [4.78, 5) is 10.8. The second kappa shape index (κ2) is 3.61. The number of carbonyl (C=O) groups is 1. The van der Waals surface area contributed by atoms with Crippen LogP contribution in [0, 0.1) is 5.41 Å². The Morgan fingerprint density at radius 3 is 1.94 bits per heavy atom. The lowest BCUT2D eigenvalue weighted by molar-refractivity contribution is -0.367. The van der Waals surface area contributed by atoms with Crippen LogP contribution in [0.25, 0.3) is 0 Å². The Kier molecular flexibility index (Phi) is 3.00. The van der Waals surface area contributed by atoms with E-state index in [0.717, 1.165) is 0 Å². The van der Waals surface area contributed by atoms with Gasteiger partial charge in [-0.05, 0) is 6.92 Å². The fourth-order valence-corrected chi connectivity index (χ4v) is 1.76. The number of ketones is 1. The Labute approximate surface area is 86.6 Å². The van der Waals surface area contributed by atoms with Crippen LogP contribution in [0.15, 0.2) is 0 Å². The molecule has 16 heavy (non-hydrogen) atoms. The van der Waals surface area contributed by atoms with Gasteiger partial charge in [0.25, 0.3) is 0 Å². The van der Waals surface area contributed by atoms with Crippen LogP contribution < -0.4 is 0 Å². The molecule has 2 nitrogen and oxygen atoms in total. The Hall–Kier alpha value is -0.790. The predicted octanol–water partition coefficient (Wildman–Crippen LogP) is 2.48. The van der Waals surface area contributed by atoms with Gasteiger partial charge in [0.15, 0.2) is 5.78 Å². The van der Waals surface area contributed by atoms with Gasteiger partial charge in [0.1, 0.15) is 0 Å². The zero-order valence-corrected chi connectivity index (χ0v) is 8.08. The number of carbonyl (C=O) groups excluding carboxylic acids is 1. The second-order valence-corrected chi connectivity index (χ2v) is 3.37. The summed E-state index contributed by atoms with van der Waals surface area (Å²) in [6, 6.07) is 0. The van der Waals surface area contributed by atoms with Gasteiger partial charge in [-0.1, -0.05) is 0 Å². The van der Waals surface area contributed by atoms with E-state index in [1.165, 1.54) is 6.92 Å². The highest BCUT2D eigenvalue weighted by atomic mass is 19.4. The largest absolute Gasteiger partial charge is 0.412 e. The molecule has 0 aromatic carbocycles. The van der Waals surface area contributed by atoms with Gasteiger partial charge in [-0.3, -0.25) is 4.79 Å². The first-order chi connectivity index (χ1) is 7.09. The van der Waals surface area contributed by atoms with E-state index in [-0.39, 0.29) is 6.61 Å². The summed E-state index contributed by atoms with van der Waals surface area (Å²) in [6.07, 6.45) is -14.4. The highest BCUT2D eigenvalue weighted by molar-refractivity contribution is 5.94. The van der Waals surface area contributed by atoms with Crippen molar-refractivity contribution in [2.45, 2.75) is 31.8 Å². The lowest BCUT2D eigenvalue weighted by Gasteiger charge is -2.48. The summed E-state index contributed by atoms with van der Waals surface area (Å²) >= 11 is 0. The molecule has 0 spiro atoms. The molecular weight excluding hydrogens is 242 g/mol. The van der Waals surface area contributed by atoms with E-state index >= 15 is 0 Å². The van der Waals surface area contributed by atoms with Gasteiger partial charge in [-0.15, -0.1) is 0 Å². The van der Waals surface area contributed by atoms with Crippen LogP contribution in [0.3, 0.4) is 0 Å². The van der Waals surface area contributed by atoms with Crippen LogP contribution in [-0.2, 0) is 9.53 Å². The molecule has 1 rings (SSSR count). The lowest BCUT2D eigenvalue weighted by Crippen LogP contribution is -2.70. The molecule has 1 saturated carbocycles. The van der Waals surface area contributed by atoms with Crippen molar-refractivity contribution in [3.8, 4) is 0 Å². The first-order valence-corrected chi connectivity index (χ1v) is 4.37. The van der Waals surface area contributed by atoms with Gasteiger partial charge >= 0.3 is 12.4 Å². The Morgan fingerprint density at radius 1 is 1.25 bits per heavy atom. The van der Waals surface area contributed by atoms with Gasteiger partial charge in [-0.2, -0.15) is 26.3 Å². The maximum atomic E-state index is 12.5. The third-order valence-corrected chi connectivity index (χ3v) is 2.56. The number of hydrogen-bond acceptors (Lipinski definition) is 2. The van der Waals surface area contributed by atoms with Crippen LogP contribution >= 0.6 is 0 Å². The van der Waals surface area contributed by atoms with Crippen molar-refractivity contribution < 1.29 is 35.9 Å². The SMILES string of the molecule is CCO[C@@H]1CC(=O)C1(C(F)(F)F)C(F)(F)F. The first kappa shape index (κ1) is 13.3. The minimum atomic E-state index is -5.68. The van der Waals surface area contributed by atoms with Gasteiger partial charge in [0.2, 0.25) is 5.41 Å². The highest BCUT2D eigenvalue weighted by Gasteiger charge is 2.83. The van der Waals surface area contributed by atoms with E-state index in [0.29, 0.717) is 0 Å². The Bertz CT molecular complexity index is 278. The summed E-state index contributed by atoms with van der Waals surface area (Å²) in [7, 11) is 0. The van der Waals surface area contributed by atoms with Crippen molar-refractivity contribution in [2.24, 2.45) is 5.41 Å². The van der Waals surface area contributed by atoms with Crippen molar-refractivity contribution in [3.63, 3.8) is 0 Å². The quantitative estimate of drug-likeness (QED) is 0.704. The number of halogens is 6. The third kappa shape index (κ3) is 1.50. The van der Waals surface area contributed by atoms with E-state index < -0.39 is 36.1 Å². The normalized spacial score (nSPS) is 25.4. The minimum Gasteiger partial charge on any atom is -0.376 e. The molecule has 1 fully saturated rings. The number of alkyl halides is 6. The minimum absolute atomic E-state index is 0.314. The van der Waals surface area contributed by atoms with E-state index in [1.54, 1.807) is 0 Å². The summed E-state index contributed by atoms with van der Waals surface area (Å²) in [5.41, 5.74) is -4.34. The van der Waals surface area contributed by atoms with E-state index in [4.69, 9.17) is 0 Å². The van der Waals surface area contributed by atoms with Crippen LogP contribution in [0.5, 0.6) is 0 Å². The third-order valence-electron chi connectivity index (χ3n) is 2.56. The fraction of sp³-hybridized carbons (Fsp3) is 0.875. The molecule has 0 heterocycles. The smallest absolute Gasteiger partial charge is 0.376 e. The summed E-state index contributed by atoms with van der Waals surface area (Å²) in [6.45, 7) is 0.951. The molecule has 0 unspecified atom stereocenters. The number of Topliss-reactive ketones (excluding diaryl/α,β-unsaturated/α-hetero) is 1. The molecular formula is C8H8F6O2. The molecule has 1 atom stereocenters. The average molecular weight is 250 g/mol. The van der Waals surface area contributed by atoms with Crippen molar-refractivity contribution >= 4 is 5.78 Å². The molecule has 0 aromatic rings. The van der Waals surface area contributed by atoms with Crippen LogP contribution in [0.1, 0.15) is 13.3 Å². The van der Waals surface area contributed by atoms with Crippen molar-refractivity contribution in [2.75, 3.05) is 6.61 Å². The molecule has 0 N–H and O–H groups in total. The molecule has 8 heteroatoms. The van der Waals surface area contributed by atoms with E-state index in [9.17, 15) is 31.1 Å². The van der Waals surface area contributed by atoms with Gasteiger partial charge in [0, 0.05) is 13.0 Å². The lowest BCUT2D eigenvalue weighted by atomic mass is 9.63. The number of hydrogen-bond donors (Lipinski definition) is 0. The molecule has 0 radical (unpaired) electrons.